The van der Waals surface area contributed by atoms with Crippen molar-refractivity contribution >= 4 is 28.5 Å². The summed E-state index contributed by atoms with van der Waals surface area (Å²) in [5.74, 6) is -1.02. The normalized spacial score (nSPS) is 10.5. The van der Waals surface area contributed by atoms with Crippen molar-refractivity contribution in [1.29, 1.82) is 0 Å². The van der Waals surface area contributed by atoms with Crippen LogP contribution < -0.4 is 10.6 Å². The van der Waals surface area contributed by atoms with Gasteiger partial charge in [-0.05, 0) is 42.7 Å². The number of pyridine rings is 1. The smallest absolute Gasteiger partial charge is 0.314 e. The minimum Gasteiger partial charge on any atom is -0.361 e. The minimum absolute atomic E-state index is 0.367. The Kier molecular flexibility index (Phi) is 4.56. The molecule has 3 N–H and O–H groups in total. The largest absolute Gasteiger partial charge is 0.361 e. The molecule has 0 saturated carbocycles. The Morgan fingerprint density at radius 2 is 2.00 bits per heavy atom. The summed E-state index contributed by atoms with van der Waals surface area (Å²) < 4.78 is 0. The summed E-state index contributed by atoms with van der Waals surface area (Å²) in [5, 5.41) is 6.24. The fraction of sp³-hybridized carbons (Fsp3) is 0.167. The molecular weight excluding hydrogens is 304 g/mol. The Labute approximate surface area is 139 Å². The molecule has 3 aromatic rings. The number of para-hydroxylation sites is 1. The summed E-state index contributed by atoms with van der Waals surface area (Å²) in [5.41, 5.74) is 3.12. The minimum atomic E-state index is -0.716. The molecule has 2 heterocycles. The summed E-state index contributed by atoms with van der Waals surface area (Å²) in [6.07, 6.45) is 4.15. The van der Waals surface area contributed by atoms with E-state index >= 15 is 0 Å². The summed E-state index contributed by atoms with van der Waals surface area (Å²) in [6, 6.07) is 11.5. The van der Waals surface area contributed by atoms with Crippen LogP contribution >= 0.6 is 0 Å². The topological polar surface area (TPSA) is 86.9 Å². The van der Waals surface area contributed by atoms with Gasteiger partial charge in [-0.15, -0.1) is 0 Å². The van der Waals surface area contributed by atoms with Crippen LogP contribution in [-0.2, 0) is 16.0 Å². The molecule has 0 fully saturated rings. The van der Waals surface area contributed by atoms with Crippen LogP contribution in [0.4, 0.5) is 5.82 Å². The molecule has 6 nitrogen and oxygen atoms in total. The van der Waals surface area contributed by atoms with E-state index in [1.54, 1.807) is 12.3 Å². The van der Waals surface area contributed by atoms with Gasteiger partial charge in [0.2, 0.25) is 0 Å². The van der Waals surface area contributed by atoms with Crippen LogP contribution in [0.5, 0.6) is 0 Å². The number of carbonyl (C=O) groups excluding carboxylic acids is 2. The standard InChI is InChI=1S/C18H18N4O2/c1-12-6-8-19-16(10-12)22-18(24)17(23)20-9-7-13-11-21-15-5-3-2-4-14(13)15/h2-6,8,10-11,21H,7,9H2,1H3,(H,20,23)(H,19,22,24). The maximum absolute atomic E-state index is 11.9. The van der Waals surface area contributed by atoms with Crippen molar-refractivity contribution in [2.75, 3.05) is 11.9 Å². The Hall–Kier alpha value is -3.15. The third-order valence-corrected chi connectivity index (χ3v) is 3.72. The Balaban J connectivity index is 1.53. The summed E-state index contributed by atoms with van der Waals surface area (Å²) in [4.78, 5) is 30.9. The summed E-state index contributed by atoms with van der Waals surface area (Å²) in [7, 11) is 0. The molecule has 2 aromatic heterocycles. The third-order valence-electron chi connectivity index (χ3n) is 3.72. The lowest BCUT2D eigenvalue weighted by molar-refractivity contribution is -0.136. The molecule has 0 aliphatic rings. The fourth-order valence-electron chi connectivity index (χ4n) is 2.51. The number of nitrogens with zero attached hydrogens (tertiary/aromatic N) is 1. The number of aryl methyl sites for hydroxylation is 1. The number of aromatic amines is 1. The SMILES string of the molecule is Cc1ccnc(NC(=O)C(=O)NCCc2c[nH]c3ccccc23)c1. The second-order valence-electron chi connectivity index (χ2n) is 5.54. The van der Waals surface area contributed by atoms with E-state index in [-0.39, 0.29) is 0 Å². The number of amides is 2. The first kappa shape index (κ1) is 15.7. The maximum atomic E-state index is 11.9. The van der Waals surface area contributed by atoms with Crippen LogP contribution in [0.3, 0.4) is 0 Å². The second kappa shape index (κ2) is 6.95. The van der Waals surface area contributed by atoms with Gasteiger partial charge in [0.1, 0.15) is 5.82 Å². The molecule has 0 unspecified atom stereocenters. The van der Waals surface area contributed by atoms with Crippen LogP contribution in [0.25, 0.3) is 10.9 Å². The van der Waals surface area contributed by atoms with Crippen LogP contribution in [0, 0.1) is 6.92 Å². The van der Waals surface area contributed by atoms with Crippen molar-refractivity contribution in [1.82, 2.24) is 15.3 Å². The van der Waals surface area contributed by atoms with Crippen LogP contribution in [0.15, 0.2) is 48.8 Å². The lowest BCUT2D eigenvalue weighted by Crippen LogP contribution is -2.36. The monoisotopic (exact) mass is 322 g/mol. The molecule has 0 aliphatic carbocycles. The van der Waals surface area contributed by atoms with Gasteiger partial charge in [-0.25, -0.2) is 4.98 Å². The lowest BCUT2D eigenvalue weighted by Gasteiger charge is -2.06. The highest BCUT2D eigenvalue weighted by atomic mass is 16.2. The molecule has 1 aromatic carbocycles. The highest BCUT2D eigenvalue weighted by Crippen LogP contribution is 2.17. The molecule has 6 heteroatoms. The van der Waals surface area contributed by atoms with Crippen molar-refractivity contribution in [2.24, 2.45) is 0 Å². The quantitative estimate of drug-likeness (QED) is 0.643. The first-order valence-corrected chi connectivity index (χ1v) is 7.70. The number of benzene rings is 1. The maximum Gasteiger partial charge on any atom is 0.314 e. The van der Waals surface area contributed by atoms with E-state index in [1.165, 1.54) is 0 Å². The lowest BCUT2D eigenvalue weighted by atomic mass is 10.1. The predicted molar refractivity (Wildman–Crippen MR) is 92.6 cm³/mol. The zero-order chi connectivity index (χ0) is 16.9. The van der Waals surface area contributed by atoms with Crippen LogP contribution in [0.1, 0.15) is 11.1 Å². The zero-order valence-corrected chi connectivity index (χ0v) is 13.3. The molecular formula is C18H18N4O2. The molecule has 0 spiro atoms. The molecule has 3 rings (SSSR count). The Bertz CT molecular complexity index is 885. The number of hydrogen-bond acceptors (Lipinski definition) is 3. The molecule has 0 bridgehead atoms. The number of anilines is 1. The van der Waals surface area contributed by atoms with Crippen molar-refractivity contribution in [3.63, 3.8) is 0 Å². The van der Waals surface area contributed by atoms with Crippen molar-refractivity contribution in [3.05, 3.63) is 59.9 Å². The van der Waals surface area contributed by atoms with E-state index in [0.717, 1.165) is 22.0 Å². The predicted octanol–water partition coefficient (Wildman–Crippen LogP) is 2.17. The van der Waals surface area contributed by atoms with Crippen LogP contribution in [-0.4, -0.2) is 28.3 Å². The first-order chi connectivity index (χ1) is 11.6. The van der Waals surface area contributed by atoms with Gasteiger partial charge in [-0.2, -0.15) is 0 Å². The average molecular weight is 322 g/mol. The number of aromatic nitrogens is 2. The first-order valence-electron chi connectivity index (χ1n) is 7.70. The average Bonchev–Trinajstić information content (AvgIpc) is 2.98. The number of carbonyl (C=O) groups is 2. The van der Waals surface area contributed by atoms with Crippen molar-refractivity contribution in [3.8, 4) is 0 Å². The highest BCUT2D eigenvalue weighted by molar-refractivity contribution is 6.39. The summed E-state index contributed by atoms with van der Waals surface area (Å²) >= 11 is 0. The Morgan fingerprint density at radius 1 is 1.17 bits per heavy atom. The van der Waals surface area contributed by atoms with Gasteiger partial charge in [0.25, 0.3) is 0 Å². The number of fused-ring (bicyclic) bond motifs is 1. The fourth-order valence-corrected chi connectivity index (χ4v) is 2.51. The van der Waals surface area contributed by atoms with E-state index in [9.17, 15) is 9.59 Å². The molecule has 122 valence electrons. The van der Waals surface area contributed by atoms with E-state index in [4.69, 9.17) is 0 Å². The van der Waals surface area contributed by atoms with Crippen LogP contribution in [0.2, 0.25) is 0 Å². The number of nitrogens with one attached hydrogen (secondary N) is 3. The second-order valence-corrected chi connectivity index (χ2v) is 5.54. The Morgan fingerprint density at radius 3 is 2.83 bits per heavy atom. The van der Waals surface area contributed by atoms with Gasteiger partial charge in [0.15, 0.2) is 0 Å². The summed E-state index contributed by atoms with van der Waals surface area (Å²) in [6.45, 7) is 2.27. The van der Waals surface area contributed by atoms with Gasteiger partial charge >= 0.3 is 11.8 Å². The molecule has 2 amide bonds. The molecule has 0 atom stereocenters. The van der Waals surface area contributed by atoms with Gasteiger partial charge < -0.3 is 15.6 Å². The number of H-pyrrole nitrogens is 1. The molecule has 24 heavy (non-hydrogen) atoms. The number of hydrogen-bond donors (Lipinski definition) is 3. The van der Waals surface area contributed by atoms with E-state index in [0.29, 0.717) is 18.8 Å². The molecule has 0 saturated heterocycles. The number of rotatable bonds is 4. The highest BCUT2D eigenvalue weighted by Gasteiger charge is 2.14. The van der Waals surface area contributed by atoms with E-state index < -0.39 is 11.8 Å². The van der Waals surface area contributed by atoms with E-state index in [2.05, 4.69) is 20.6 Å². The third kappa shape index (κ3) is 3.60. The molecule has 0 radical (unpaired) electrons. The van der Waals surface area contributed by atoms with Gasteiger partial charge in [0, 0.05) is 29.8 Å². The van der Waals surface area contributed by atoms with Gasteiger partial charge in [-0.1, -0.05) is 18.2 Å². The molecule has 0 aliphatic heterocycles. The van der Waals surface area contributed by atoms with Gasteiger partial charge in [-0.3, -0.25) is 9.59 Å². The van der Waals surface area contributed by atoms with Gasteiger partial charge in [0.05, 0.1) is 0 Å². The zero-order valence-electron chi connectivity index (χ0n) is 13.3. The van der Waals surface area contributed by atoms with Crippen molar-refractivity contribution < 1.29 is 9.59 Å². The van der Waals surface area contributed by atoms with Crippen molar-refractivity contribution in [2.45, 2.75) is 13.3 Å². The van der Waals surface area contributed by atoms with E-state index in [1.807, 2.05) is 43.5 Å².